The summed E-state index contributed by atoms with van der Waals surface area (Å²) in [5, 5.41) is 2.62. The number of rotatable bonds is 7. The van der Waals surface area contributed by atoms with E-state index in [0.29, 0.717) is 12.3 Å². The Kier molecular flexibility index (Phi) is 7.69. The van der Waals surface area contributed by atoms with Crippen LogP contribution in [0.3, 0.4) is 0 Å². The van der Waals surface area contributed by atoms with Crippen LogP contribution in [-0.2, 0) is 9.22 Å². The summed E-state index contributed by atoms with van der Waals surface area (Å²) >= 11 is 0. The van der Waals surface area contributed by atoms with Gasteiger partial charge in [0.1, 0.15) is 0 Å². The Balaban J connectivity index is 1.51. The second kappa shape index (κ2) is 10.7. The maximum atomic E-state index is 12.8. The highest BCUT2D eigenvalue weighted by Gasteiger charge is 2.50. The van der Waals surface area contributed by atoms with Crippen LogP contribution >= 0.6 is 0 Å². The van der Waals surface area contributed by atoms with Gasteiger partial charge in [-0.15, -0.1) is 0 Å². The summed E-state index contributed by atoms with van der Waals surface area (Å²) in [5.74, 6) is 0.734. The number of para-hydroxylation sites is 1. The van der Waals surface area contributed by atoms with E-state index < -0.39 is 8.32 Å². The summed E-state index contributed by atoms with van der Waals surface area (Å²) in [7, 11) is -2.50. The molecule has 0 aromatic heterocycles. The van der Waals surface area contributed by atoms with Crippen LogP contribution in [0.2, 0.25) is 5.04 Å². The van der Waals surface area contributed by atoms with Crippen LogP contribution in [0, 0.1) is 5.92 Å². The van der Waals surface area contributed by atoms with Gasteiger partial charge in [-0.25, -0.2) is 0 Å². The molecule has 1 aliphatic rings. The van der Waals surface area contributed by atoms with Crippen molar-refractivity contribution in [2.45, 2.75) is 51.5 Å². The predicted octanol–water partition coefficient (Wildman–Crippen LogP) is 5.79. The molecule has 1 saturated heterocycles. The molecule has 0 spiro atoms. The van der Waals surface area contributed by atoms with Crippen LogP contribution in [0.1, 0.15) is 46.5 Å². The molecule has 3 aromatic carbocycles. The van der Waals surface area contributed by atoms with Crippen LogP contribution < -0.4 is 15.3 Å². The molecule has 1 heterocycles. The zero-order valence-corrected chi connectivity index (χ0v) is 21.7. The summed E-state index contributed by atoms with van der Waals surface area (Å²) < 4.78 is 7.09. The van der Waals surface area contributed by atoms with Crippen molar-refractivity contribution in [1.82, 2.24) is 0 Å². The van der Waals surface area contributed by atoms with Gasteiger partial charge in [0.15, 0.2) is 0 Å². The van der Waals surface area contributed by atoms with Crippen molar-refractivity contribution in [2.75, 3.05) is 18.1 Å². The highest BCUT2D eigenvalue weighted by Crippen LogP contribution is 2.37. The number of carbonyl (C=O) groups is 1. The molecule has 1 atom stereocenters. The van der Waals surface area contributed by atoms with Crippen molar-refractivity contribution < 1.29 is 9.22 Å². The molecule has 3 aromatic rings. The average Bonchev–Trinajstić information content (AvgIpc) is 3.04. The molecule has 1 unspecified atom stereocenters. The molecule has 0 saturated carbocycles. The molecular weight excluding hydrogens is 434 g/mol. The van der Waals surface area contributed by atoms with Crippen molar-refractivity contribution in [1.29, 1.82) is 0 Å². The van der Waals surface area contributed by atoms with Crippen LogP contribution in [0.25, 0.3) is 0 Å². The minimum atomic E-state index is -2.50. The Bertz CT molecular complexity index is 1010. The molecule has 4 rings (SSSR count). The van der Waals surface area contributed by atoms with Gasteiger partial charge in [0, 0.05) is 25.3 Å². The van der Waals surface area contributed by atoms with Crippen molar-refractivity contribution in [3.8, 4) is 0 Å². The first kappa shape index (κ1) is 24.4. The van der Waals surface area contributed by atoms with E-state index in [9.17, 15) is 4.79 Å². The fourth-order valence-corrected chi connectivity index (χ4v) is 9.93. The van der Waals surface area contributed by atoms with Gasteiger partial charge in [0.25, 0.3) is 8.32 Å². The van der Waals surface area contributed by atoms with Gasteiger partial charge in [-0.2, -0.15) is 0 Å². The monoisotopic (exact) mass is 471 g/mol. The Labute approximate surface area is 205 Å². The molecule has 0 bridgehead atoms. The van der Waals surface area contributed by atoms with Gasteiger partial charge < -0.3 is 9.33 Å². The van der Waals surface area contributed by atoms with Crippen molar-refractivity contribution in [3.63, 3.8) is 0 Å². The Morgan fingerprint density at radius 1 is 0.824 bits per heavy atom. The summed E-state index contributed by atoms with van der Waals surface area (Å²) in [6, 6.07) is 31.7. The molecule has 1 aliphatic heterocycles. The molecule has 1 fully saturated rings. The molecule has 3 nitrogen and oxygen atoms in total. The molecule has 1 amide bonds. The smallest absolute Gasteiger partial charge is 0.261 e. The summed E-state index contributed by atoms with van der Waals surface area (Å²) in [6.45, 7) is 8.47. The zero-order chi connectivity index (χ0) is 24.0. The first-order valence-corrected chi connectivity index (χ1v) is 14.4. The zero-order valence-electron chi connectivity index (χ0n) is 20.7. The number of carbonyl (C=O) groups excluding carboxylic acids is 1. The number of benzene rings is 3. The topological polar surface area (TPSA) is 29.5 Å². The molecular formula is C30H37NO2Si. The third-order valence-electron chi connectivity index (χ3n) is 7.16. The van der Waals surface area contributed by atoms with Gasteiger partial charge in [-0.3, -0.25) is 4.79 Å². The average molecular weight is 472 g/mol. The summed E-state index contributed by atoms with van der Waals surface area (Å²) in [6.07, 6.45) is 3.55. The van der Waals surface area contributed by atoms with Gasteiger partial charge in [0.2, 0.25) is 5.91 Å². The van der Waals surface area contributed by atoms with Crippen molar-refractivity contribution in [3.05, 3.63) is 91.0 Å². The lowest BCUT2D eigenvalue weighted by Gasteiger charge is -2.43. The molecule has 4 heteroatoms. The molecule has 178 valence electrons. The Morgan fingerprint density at radius 2 is 1.35 bits per heavy atom. The maximum Gasteiger partial charge on any atom is 0.261 e. The number of anilines is 1. The minimum absolute atomic E-state index is 0.0146. The van der Waals surface area contributed by atoms with Gasteiger partial charge in [-0.1, -0.05) is 99.6 Å². The number of hydrogen-bond acceptors (Lipinski definition) is 2. The molecule has 34 heavy (non-hydrogen) atoms. The third-order valence-corrected chi connectivity index (χ3v) is 12.2. The van der Waals surface area contributed by atoms with E-state index in [4.69, 9.17) is 4.43 Å². The first-order chi connectivity index (χ1) is 16.4. The van der Waals surface area contributed by atoms with Crippen LogP contribution in [0.5, 0.6) is 0 Å². The van der Waals surface area contributed by atoms with Crippen molar-refractivity contribution >= 4 is 30.3 Å². The number of nitrogens with zero attached hydrogens (tertiary/aromatic N) is 1. The van der Waals surface area contributed by atoms with E-state index >= 15 is 0 Å². The minimum Gasteiger partial charge on any atom is -0.407 e. The standard InChI is InChI=1S/C30H37NO2Si/c1-30(2,3)34(27-15-9-5-10-16-27,28-17-11-6-12-18-28)33-24-22-25-19-20-29(32)31(23-21-25)26-13-7-4-8-14-26/h4-18,25H,19-24H2,1-3H3. The number of amides is 1. The largest absolute Gasteiger partial charge is 0.407 e. The highest BCUT2D eigenvalue weighted by molar-refractivity contribution is 6.99. The normalized spacial score (nSPS) is 17.4. The Hall–Kier alpha value is -2.69. The quantitative estimate of drug-likeness (QED) is 0.408. The fraction of sp³-hybridized carbons (Fsp3) is 0.367. The van der Waals surface area contributed by atoms with Crippen LogP contribution in [0.4, 0.5) is 5.69 Å². The summed E-state index contributed by atoms with van der Waals surface area (Å²) in [4.78, 5) is 14.8. The van der Waals surface area contributed by atoms with Crippen LogP contribution in [0.15, 0.2) is 91.0 Å². The second-order valence-corrected chi connectivity index (χ2v) is 14.7. The maximum absolute atomic E-state index is 12.8. The third kappa shape index (κ3) is 5.18. The first-order valence-electron chi connectivity index (χ1n) is 12.5. The van der Waals surface area contributed by atoms with E-state index in [1.807, 2.05) is 35.2 Å². The lowest BCUT2D eigenvalue weighted by molar-refractivity contribution is -0.118. The Morgan fingerprint density at radius 3 is 1.88 bits per heavy atom. The van der Waals surface area contributed by atoms with Gasteiger partial charge >= 0.3 is 0 Å². The van der Waals surface area contributed by atoms with E-state index in [1.165, 1.54) is 10.4 Å². The second-order valence-electron chi connectivity index (χ2n) is 10.4. The SMILES string of the molecule is CC(C)(C)[Si](OCCC1CCC(=O)N(c2ccccc2)CC1)(c1ccccc1)c1ccccc1. The lowest BCUT2D eigenvalue weighted by Crippen LogP contribution is -2.66. The molecule has 0 aliphatic carbocycles. The predicted molar refractivity (Wildman–Crippen MR) is 144 cm³/mol. The molecule has 0 N–H and O–H groups in total. The van der Waals surface area contributed by atoms with Crippen LogP contribution in [-0.4, -0.2) is 27.4 Å². The summed E-state index contributed by atoms with van der Waals surface area (Å²) in [5.41, 5.74) is 1.01. The highest BCUT2D eigenvalue weighted by atomic mass is 28.4. The fourth-order valence-electron chi connectivity index (χ4n) is 5.35. The van der Waals surface area contributed by atoms with E-state index in [2.05, 4.69) is 81.4 Å². The lowest BCUT2D eigenvalue weighted by atomic mass is 9.97. The molecule has 0 radical (unpaired) electrons. The van der Waals surface area contributed by atoms with E-state index in [1.54, 1.807) is 0 Å². The van der Waals surface area contributed by atoms with Crippen molar-refractivity contribution in [2.24, 2.45) is 5.92 Å². The van der Waals surface area contributed by atoms with E-state index in [0.717, 1.165) is 38.1 Å². The van der Waals surface area contributed by atoms with E-state index in [-0.39, 0.29) is 10.9 Å². The van der Waals surface area contributed by atoms with Gasteiger partial charge in [0.05, 0.1) is 0 Å². The van der Waals surface area contributed by atoms with Gasteiger partial charge in [-0.05, 0) is 52.7 Å². The number of hydrogen-bond donors (Lipinski definition) is 0.